The van der Waals surface area contributed by atoms with Gasteiger partial charge in [-0.2, -0.15) is 0 Å². The fourth-order valence-corrected chi connectivity index (χ4v) is 9.17. The molecule has 0 aliphatic rings. The van der Waals surface area contributed by atoms with E-state index in [0.717, 1.165) is 77.9 Å². The lowest BCUT2D eigenvalue weighted by atomic mass is 9.95. The molecule has 0 atom stereocenters. The highest BCUT2D eigenvalue weighted by molar-refractivity contribution is 6.22. The zero-order valence-electron chi connectivity index (χ0n) is 34.2. The van der Waals surface area contributed by atoms with E-state index < -0.39 is 0 Å². The third-order valence-electron chi connectivity index (χ3n) is 12.2. The number of fused-ring (bicyclic) bond motifs is 6. The minimum absolute atomic E-state index is 0.696. The van der Waals surface area contributed by atoms with Gasteiger partial charge < -0.3 is 4.57 Å². The Morgan fingerprint density at radius 2 is 0.841 bits per heavy atom. The van der Waals surface area contributed by atoms with Gasteiger partial charge in [0.15, 0.2) is 5.82 Å². The van der Waals surface area contributed by atoms with Crippen molar-refractivity contribution in [1.82, 2.24) is 19.5 Å². The number of nitrogens with zero attached hydrogens (tertiary/aromatic N) is 4. The lowest BCUT2D eigenvalue weighted by Crippen LogP contribution is -1.96. The topological polar surface area (TPSA) is 43.6 Å². The summed E-state index contributed by atoms with van der Waals surface area (Å²) in [5, 5.41) is 5.84. The Morgan fingerprint density at radius 1 is 0.302 bits per heavy atom. The van der Waals surface area contributed by atoms with Crippen molar-refractivity contribution in [3.8, 4) is 73.1 Å². The molecule has 12 aromatic rings. The first-order valence-corrected chi connectivity index (χ1v) is 21.4. The second-order valence-corrected chi connectivity index (χ2v) is 16.0. The molecule has 63 heavy (non-hydrogen) atoms. The molecule has 3 aromatic heterocycles. The smallest absolute Gasteiger partial charge is 0.160 e. The van der Waals surface area contributed by atoms with Crippen molar-refractivity contribution in [2.75, 3.05) is 0 Å². The van der Waals surface area contributed by atoms with E-state index in [0.29, 0.717) is 5.82 Å². The number of hydrogen-bond donors (Lipinski definition) is 0. The van der Waals surface area contributed by atoms with E-state index in [1.807, 2.05) is 24.3 Å². The molecule has 294 valence electrons. The van der Waals surface area contributed by atoms with Gasteiger partial charge in [0.2, 0.25) is 0 Å². The SMILES string of the molecule is c1ccc(-c2ccc(-c3cc(-c4ccc(-c5cccc6c5c5cc7c(-c8ccccc8)nc8ccccc8c7cc5n6-c5ccccc5)cc4)nc(-c4ccccc4)n3)cc2)cc1. The van der Waals surface area contributed by atoms with E-state index in [9.17, 15) is 0 Å². The molecule has 0 radical (unpaired) electrons. The van der Waals surface area contributed by atoms with Crippen LogP contribution < -0.4 is 0 Å². The van der Waals surface area contributed by atoms with Gasteiger partial charge in [0, 0.05) is 49.5 Å². The van der Waals surface area contributed by atoms with E-state index in [1.165, 1.54) is 32.8 Å². The molecule has 0 saturated heterocycles. The van der Waals surface area contributed by atoms with Gasteiger partial charge in [0.25, 0.3) is 0 Å². The molecular weight excluding hydrogens is 765 g/mol. The van der Waals surface area contributed by atoms with Gasteiger partial charge in [0.1, 0.15) is 0 Å². The van der Waals surface area contributed by atoms with Crippen LogP contribution in [0.4, 0.5) is 0 Å². The average molecular weight is 803 g/mol. The van der Waals surface area contributed by atoms with E-state index in [-0.39, 0.29) is 0 Å². The van der Waals surface area contributed by atoms with Gasteiger partial charge in [-0.3, -0.25) is 0 Å². The summed E-state index contributed by atoms with van der Waals surface area (Å²) in [5.74, 6) is 0.696. The van der Waals surface area contributed by atoms with Crippen molar-refractivity contribution in [2.45, 2.75) is 0 Å². The molecule has 4 nitrogen and oxygen atoms in total. The van der Waals surface area contributed by atoms with Crippen molar-refractivity contribution >= 4 is 43.5 Å². The first kappa shape index (κ1) is 36.4. The fourth-order valence-electron chi connectivity index (χ4n) is 9.17. The third-order valence-corrected chi connectivity index (χ3v) is 12.2. The Morgan fingerprint density at radius 3 is 1.51 bits per heavy atom. The molecule has 0 saturated carbocycles. The number of aromatic nitrogens is 4. The highest BCUT2D eigenvalue weighted by atomic mass is 15.0. The summed E-state index contributed by atoms with van der Waals surface area (Å²) >= 11 is 0. The summed E-state index contributed by atoms with van der Waals surface area (Å²) in [7, 11) is 0. The molecular formula is C59H38N4. The highest BCUT2D eigenvalue weighted by Crippen LogP contribution is 2.43. The summed E-state index contributed by atoms with van der Waals surface area (Å²) in [4.78, 5) is 15.6. The molecule has 0 aliphatic carbocycles. The Bertz CT molecular complexity index is 3620. The quantitative estimate of drug-likeness (QED) is 0.151. The van der Waals surface area contributed by atoms with Crippen LogP contribution in [0.2, 0.25) is 0 Å². The Kier molecular flexibility index (Phi) is 8.79. The van der Waals surface area contributed by atoms with E-state index in [2.05, 4.69) is 211 Å². The van der Waals surface area contributed by atoms with Crippen LogP contribution in [0.3, 0.4) is 0 Å². The average Bonchev–Trinajstić information content (AvgIpc) is 3.70. The minimum atomic E-state index is 0.696. The lowest BCUT2D eigenvalue weighted by Gasteiger charge is -2.12. The first-order chi connectivity index (χ1) is 31.2. The second kappa shape index (κ2) is 15.2. The van der Waals surface area contributed by atoms with E-state index in [1.54, 1.807) is 0 Å². The Labute approximate surface area is 365 Å². The minimum Gasteiger partial charge on any atom is -0.309 e. The molecule has 0 spiro atoms. The number of pyridine rings is 1. The predicted molar refractivity (Wildman–Crippen MR) is 262 cm³/mol. The van der Waals surface area contributed by atoms with Crippen LogP contribution in [0, 0.1) is 0 Å². The van der Waals surface area contributed by atoms with Crippen LogP contribution in [0.25, 0.3) is 117 Å². The van der Waals surface area contributed by atoms with E-state index in [4.69, 9.17) is 15.0 Å². The third kappa shape index (κ3) is 6.44. The first-order valence-electron chi connectivity index (χ1n) is 21.4. The maximum atomic E-state index is 5.29. The monoisotopic (exact) mass is 802 g/mol. The molecule has 9 aromatic carbocycles. The molecule has 0 fully saturated rings. The van der Waals surface area contributed by atoms with Crippen LogP contribution >= 0.6 is 0 Å². The second-order valence-electron chi connectivity index (χ2n) is 16.0. The summed E-state index contributed by atoms with van der Waals surface area (Å²) in [6.07, 6.45) is 0. The molecule has 0 unspecified atom stereocenters. The van der Waals surface area contributed by atoms with Gasteiger partial charge in [-0.25, -0.2) is 15.0 Å². The van der Waals surface area contributed by atoms with Crippen LogP contribution in [0.15, 0.2) is 231 Å². The molecule has 0 amide bonds. The largest absolute Gasteiger partial charge is 0.309 e. The van der Waals surface area contributed by atoms with Gasteiger partial charge in [-0.15, -0.1) is 0 Å². The summed E-state index contributed by atoms with van der Waals surface area (Å²) in [6.45, 7) is 0. The number of para-hydroxylation sites is 2. The number of benzene rings is 9. The van der Waals surface area contributed by atoms with Crippen LogP contribution in [0.5, 0.6) is 0 Å². The highest BCUT2D eigenvalue weighted by Gasteiger charge is 2.20. The molecule has 0 aliphatic heterocycles. The fraction of sp³-hybridized carbons (Fsp3) is 0. The van der Waals surface area contributed by atoms with Crippen LogP contribution in [-0.2, 0) is 0 Å². The molecule has 4 heteroatoms. The number of rotatable bonds is 7. The van der Waals surface area contributed by atoms with Crippen molar-refractivity contribution in [2.24, 2.45) is 0 Å². The van der Waals surface area contributed by atoms with Gasteiger partial charge >= 0.3 is 0 Å². The Hall–Kier alpha value is -8.47. The summed E-state index contributed by atoms with van der Waals surface area (Å²) in [5.41, 5.74) is 15.9. The zero-order chi connectivity index (χ0) is 41.7. The van der Waals surface area contributed by atoms with E-state index >= 15 is 0 Å². The Balaban J connectivity index is 1.03. The predicted octanol–water partition coefficient (Wildman–Crippen LogP) is 15.3. The molecule has 0 N–H and O–H groups in total. The maximum Gasteiger partial charge on any atom is 0.160 e. The van der Waals surface area contributed by atoms with Gasteiger partial charge in [-0.05, 0) is 70.1 Å². The molecule has 3 heterocycles. The van der Waals surface area contributed by atoms with Crippen molar-refractivity contribution in [3.05, 3.63) is 231 Å². The van der Waals surface area contributed by atoms with Crippen molar-refractivity contribution in [3.63, 3.8) is 0 Å². The van der Waals surface area contributed by atoms with Crippen LogP contribution in [0.1, 0.15) is 0 Å². The van der Waals surface area contributed by atoms with Gasteiger partial charge in [0.05, 0.1) is 33.6 Å². The summed E-state index contributed by atoms with van der Waals surface area (Å²) in [6, 6.07) is 81.5. The van der Waals surface area contributed by atoms with Gasteiger partial charge in [-0.1, -0.05) is 188 Å². The summed E-state index contributed by atoms with van der Waals surface area (Å²) < 4.78 is 2.42. The zero-order valence-corrected chi connectivity index (χ0v) is 34.2. The van der Waals surface area contributed by atoms with Crippen LogP contribution in [-0.4, -0.2) is 19.5 Å². The van der Waals surface area contributed by atoms with Crippen molar-refractivity contribution in [1.29, 1.82) is 0 Å². The van der Waals surface area contributed by atoms with Crippen molar-refractivity contribution < 1.29 is 0 Å². The maximum absolute atomic E-state index is 5.29. The molecule has 0 bridgehead atoms. The molecule has 12 rings (SSSR count). The normalized spacial score (nSPS) is 11.5. The lowest BCUT2D eigenvalue weighted by molar-refractivity contribution is 1.18. The standard InChI is InChI=1S/C59H38N4/c1-5-16-39(17-6-1)40-28-32-42(33-29-40)53-38-54(62-59(61-53)45-20-9-3-10-21-45)43-34-30-41(31-35-43)47-25-15-27-55-57(47)51-36-50-49(37-56(51)63(55)46-22-11-4-12-23-46)48-24-13-14-26-52(48)60-58(50)44-18-7-2-8-19-44/h1-38H. The number of hydrogen-bond acceptors (Lipinski definition) is 3.